The zero-order chi connectivity index (χ0) is 14.0. The number of anilines is 1. The average Bonchev–Trinajstić information content (AvgIpc) is 2.58. The maximum absolute atomic E-state index is 6.21. The van der Waals surface area contributed by atoms with Gasteiger partial charge < -0.3 is 10.2 Å². The highest BCUT2D eigenvalue weighted by Crippen LogP contribution is 2.34. The van der Waals surface area contributed by atoms with Crippen LogP contribution in [0.25, 0.3) is 0 Å². The second-order valence-corrected chi connectivity index (χ2v) is 7.45. The molecule has 1 unspecified atom stereocenters. The van der Waals surface area contributed by atoms with Crippen molar-refractivity contribution in [3.63, 3.8) is 0 Å². The minimum atomic E-state index is 0.258. The van der Waals surface area contributed by atoms with E-state index in [1.807, 2.05) is 12.1 Å². The van der Waals surface area contributed by atoms with E-state index in [1.54, 1.807) is 0 Å². The van der Waals surface area contributed by atoms with Gasteiger partial charge in [-0.15, -0.1) is 0 Å². The molecule has 0 amide bonds. The molecule has 4 heteroatoms. The van der Waals surface area contributed by atoms with Crippen LogP contribution in [0.3, 0.4) is 0 Å². The highest BCUT2D eigenvalue weighted by Gasteiger charge is 2.28. The fraction of sp³-hybridized carbons (Fsp3) is 0.600. The Morgan fingerprint density at radius 1 is 1.37 bits per heavy atom. The topological polar surface area (TPSA) is 15.3 Å². The van der Waals surface area contributed by atoms with Crippen molar-refractivity contribution < 1.29 is 0 Å². The molecular formula is C15H22BrClN2. The summed E-state index contributed by atoms with van der Waals surface area (Å²) in [6, 6.07) is 6.57. The zero-order valence-electron chi connectivity index (χ0n) is 11.8. The molecule has 1 fully saturated rings. The molecule has 0 aromatic heterocycles. The van der Waals surface area contributed by atoms with Gasteiger partial charge in [0.25, 0.3) is 0 Å². The number of nitrogens with one attached hydrogen (secondary N) is 1. The maximum Gasteiger partial charge on any atom is 0.0595 e. The summed E-state index contributed by atoms with van der Waals surface area (Å²) in [5, 5.41) is 4.45. The van der Waals surface area contributed by atoms with Gasteiger partial charge in [-0.1, -0.05) is 38.4 Å². The molecule has 19 heavy (non-hydrogen) atoms. The number of nitrogens with zero attached hydrogens (tertiary/aromatic N) is 1. The molecule has 0 bridgehead atoms. The third-order valence-electron chi connectivity index (χ3n) is 3.72. The van der Waals surface area contributed by atoms with Gasteiger partial charge in [-0.25, -0.2) is 0 Å². The summed E-state index contributed by atoms with van der Waals surface area (Å²) in [7, 11) is 0. The van der Waals surface area contributed by atoms with Crippen LogP contribution in [-0.2, 0) is 0 Å². The minimum absolute atomic E-state index is 0.258. The monoisotopic (exact) mass is 344 g/mol. The Labute approximate surface area is 129 Å². The molecule has 1 aromatic rings. The third-order valence-corrected chi connectivity index (χ3v) is 5.09. The Hall–Kier alpha value is -0.250. The fourth-order valence-electron chi connectivity index (χ4n) is 2.46. The lowest BCUT2D eigenvalue weighted by molar-refractivity contribution is 0.280. The lowest BCUT2D eigenvalue weighted by Gasteiger charge is -2.35. The first kappa shape index (κ1) is 15.1. The Morgan fingerprint density at radius 3 is 2.79 bits per heavy atom. The summed E-state index contributed by atoms with van der Waals surface area (Å²) in [6.07, 6.45) is 1.16. The highest BCUT2D eigenvalue weighted by atomic mass is 79.9. The van der Waals surface area contributed by atoms with Crippen molar-refractivity contribution in [2.24, 2.45) is 5.41 Å². The molecule has 1 aromatic carbocycles. The molecule has 1 saturated heterocycles. The van der Waals surface area contributed by atoms with E-state index in [0.29, 0.717) is 6.04 Å². The smallest absolute Gasteiger partial charge is 0.0595 e. The van der Waals surface area contributed by atoms with Crippen LogP contribution >= 0.6 is 27.5 Å². The van der Waals surface area contributed by atoms with Crippen molar-refractivity contribution in [3.05, 3.63) is 27.7 Å². The Morgan fingerprint density at radius 2 is 2.11 bits per heavy atom. The number of hydrogen-bond donors (Lipinski definition) is 1. The van der Waals surface area contributed by atoms with E-state index in [9.17, 15) is 0 Å². The maximum atomic E-state index is 6.21. The van der Waals surface area contributed by atoms with Crippen molar-refractivity contribution in [3.8, 4) is 0 Å². The fourth-order valence-corrected chi connectivity index (χ4v) is 3.14. The van der Waals surface area contributed by atoms with Crippen LogP contribution in [0.2, 0.25) is 5.02 Å². The van der Waals surface area contributed by atoms with Crippen LogP contribution in [0.15, 0.2) is 22.7 Å². The van der Waals surface area contributed by atoms with E-state index >= 15 is 0 Å². The van der Waals surface area contributed by atoms with E-state index in [0.717, 1.165) is 35.6 Å². The third kappa shape index (κ3) is 3.65. The van der Waals surface area contributed by atoms with E-state index in [1.165, 1.54) is 5.69 Å². The summed E-state index contributed by atoms with van der Waals surface area (Å²) in [6.45, 7) is 10.0. The molecule has 1 atom stereocenters. The molecule has 2 nitrogen and oxygen atoms in total. The van der Waals surface area contributed by atoms with Crippen molar-refractivity contribution in [2.45, 2.75) is 33.2 Å². The normalized spacial score (nSPS) is 21.3. The molecule has 1 aliphatic heterocycles. The summed E-state index contributed by atoms with van der Waals surface area (Å²) in [5.41, 5.74) is 1.46. The van der Waals surface area contributed by atoms with Gasteiger partial charge in [0.2, 0.25) is 0 Å². The number of benzene rings is 1. The van der Waals surface area contributed by atoms with Crippen LogP contribution in [-0.4, -0.2) is 25.7 Å². The predicted molar refractivity (Wildman–Crippen MR) is 87.2 cm³/mol. The SMILES string of the molecule is CC(C)(C)C1CN(c2cccc(Cl)c2Br)CCCN1. The van der Waals surface area contributed by atoms with E-state index < -0.39 is 0 Å². The van der Waals surface area contributed by atoms with Crippen LogP contribution in [0.4, 0.5) is 5.69 Å². The summed E-state index contributed by atoms with van der Waals surface area (Å²) < 4.78 is 1.01. The molecule has 1 heterocycles. The molecule has 106 valence electrons. The Bertz CT molecular complexity index is 442. The van der Waals surface area contributed by atoms with Crippen LogP contribution < -0.4 is 10.2 Å². The number of hydrogen-bond acceptors (Lipinski definition) is 2. The van der Waals surface area contributed by atoms with E-state index in [4.69, 9.17) is 11.6 Å². The average molecular weight is 346 g/mol. The lowest BCUT2D eigenvalue weighted by atomic mass is 9.86. The van der Waals surface area contributed by atoms with Crippen molar-refractivity contribution >= 4 is 33.2 Å². The van der Waals surface area contributed by atoms with Gasteiger partial charge in [0.05, 0.1) is 15.2 Å². The number of halogens is 2. The van der Waals surface area contributed by atoms with Crippen molar-refractivity contribution in [1.29, 1.82) is 0 Å². The van der Waals surface area contributed by atoms with Gasteiger partial charge >= 0.3 is 0 Å². The molecule has 1 aliphatic rings. The minimum Gasteiger partial charge on any atom is -0.369 e. The second kappa shape index (κ2) is 6.02. The molecule has 0 aliphatic carbocycles. The predicted octanol–water partition coefficient (Wildman–Crippen LogP) is 4.32. The van der Waals surface area contributed by atoms with Crippen LogP contribution in [0.5, 0.6) is 0 Å². The molecule has 0 radical (unpaired) electrons. The van der Waals surface area contributed by atoms with Gasteiger partial charge in [0.15, 0.2) is 0 Å². The van der Waals surface area contributed by atoms with Crippen molar-refractivity contribution in [2.75, 3.05) is 24.5 Å². The van der Waals surface area contributed by atoms with Crippen LogP contribution in [0.1, 0.15) is 27.2 Å². The molecule has 2 rings (SSSR count). The zero-order valence-corrected chi connectivity index (χ0v) is 14.2. The first-order valence-electron chi connectivity index (χ1n) is 6.82. The highest BCUT2D eigenvalue weighted by molar-refractivity contribution is 9.10. The van der Waals surface area contributed by atoms with Gasteiger partial charge in [0, 0.05) is 19.1 Å². The lowest BCUT2D eigenvalue weighted by Crippen LogP contribution is -2.46. The molecule has 1 N–H and O–H groups in total. The molecule has 0 saturated carbocycles. The van der Waals surface area contributed by atoms with Gasteiger partial charge in [0.1, 0.15) is 0 Å². The Balaban J connectivity index is 2.25. The molecule has 0 spiro atoms. The quantitative estimate of drug-likeness (QED) is 0.815. The largest absolute Gasteiger partial charge is 0.369 e. The number of rotatable bonds is 1. The second-order valence-electron chi connectivity index (χ2n) is 6.25. The summed E-state index contributed by atoms with van der Waals surface area (Å²) in [5.74, 6) is 0. The van der Waals surface area contributed by atoms with Gasteiger partial charge in [-0.3, -0.25) is 0 Å². The summed E-state index contributed by atoms with van der Waals surface area (Å²) in [4.78, 5) is 2.44. The summed E-state index contributed by atoms with van der Waals surface area (Å²) >= 11 is 9.83. The van der Waals surface area contributed by atoms with Gasteiger partial charge in [-0.05, 0) is 46.4 Å². The Kier molecular flexibility index (Phi) is 4.80. The van der Waals surface area contributed by atoms with Gasteiger partial charge in [-0.2, -0.15) is 0 Å². The first-order valence-corrected chi connectivity index (χ1v) is 7.99. The van der Waals surface area contributed by atoms with Crippen molar-refractivity contribution in [1.82, 2.24) is 5.32 Å². The van der Waals surface area contributed by atoms with E-state index in [2.05, 4.69) is 53.0 Å². The van der Waals surface area contributed by atoms with E-state index in [-0.39, 0.29) is 5.41 Å². The first-order chi connectivity index (χ1) is 8.89. The van der Waals surface area contributed by atoms with Crippen LogP contribution in [0, 0.1) is 5.41 Å². The molecular weight excluding hydrogens is 324 g/mol. The standard InChI is InChI=1S/C15H22BrClN2/c1-15(2,3)13-10-19(9-5-8-18-13)12-7-4-6-11(17)14(12)16/h4,6-7,13,18H,5,8-10H2,1-3H3.